The molecule has 27 heavy (non-hydrogen) atoms. The summed E-state index contributed by atoms with van der Waals surface area (Å²) in [6.45, 7) is 9.21. The number of carbonyl (C=O) groups is 2. The SMILES string of the molecule is C=CCNC(=S)N1CCC[C@H]1c1nn(CC(N)=O)c2c1C(=O)CC(C)(C)C2. The highest BCUT2D eigenvalue weighted by atomic mass is 32.1. The van der Waals surface area contributed by atoms with Crippen molar-refractivity contribution in [1.82, 2.24) is 20.0 Å². The predicted octanol–water partition coefficient (Wildman–Crippen LogP) is 1.72. The van der Waals surface area contributed by atoms with E-state index < -0.39 is 5.91 Å². The van der Waals surface area contributed by atoms with E-state index in [0.29, 0.717) is 30.1 Å². The number of likely N-dealkylation sites (tertiary alicyclic amines) is 1. The summed E-state index contributed by atoms with van der Waals surface area (Å²) in [5, 5.41) is 8.49. The van der Waals surface area contributed by atoms with E-state index in [2.05, 4.69) is 35.7 Å². The Bertz CT molecular complexity index is 798. The van der Waals surface area contributed by atoms with Gasteiger partial charge in [0, 0.05) is 19.5 Å². The van der Waals surface area contributed by atoms with Gasteiger partial charge in [-0.15, -0.1) is 6.58 Å². The zero-order valence-electron chi connectivity index (χ0n) is 16.0. The molecule has 1 saturated heterocycles. The lowest BCUT2D eigenvalue weighted by Crippen LogP contribution is -2.40. The second-order valence-electron chi connectivity index (χ2n) is 8.10. The Kier molecular flexibility index (Phi) is 5.37. The zero-order valence-corrected chi connectivity index (χ0v) is 16.8. The molecular formula is C19H27N5O2S. The summed E-state index contributed by atoms with van der Waals surface area (Å²) in [6.07, 6.45) is 4.76. The lowest BCUT2D eigenvalue weighted by Gasteiger charge is -2.30. The topological polar surface area (TPSA) is 93.2 Å². The van der Waals surface area contributed by atoms with Crippen LogP contribution in [0.5, 0.6) is 0 Å². The average molecular weight is 390 g/mol. The van der Waals surface area contributed by atoms with Crippen molar-refractivity contribution in [1.29, 1.82) is 0 Å². The fraction of sp³-hybridized carbons (Fsp3) is 0.579. The van der Waals surface area contributed by atoms with Gasteiger partial charge in [-0.25, -0.2) is 0 Å². The molecule has 1 fully saturated rings. The van der Waals surface area contributed by atoms with Crippen LogP contribution in [-0.4, -0.2) is 44.6 Å². The highest BCUT2D eigenvalue weighted by Crippen LogP contribution is 2.41. The lowest BCUT2D eigenvalue weighted by atomic mass is 9.75. The van der Waals surface area contributed by atoms with Crippen LogP contribution in [0.15, 0.2) is 12.7 Å². The molecule has 3 rings (SSSR count). The van der Waals surface area contributed by atoms with Gasteiger partial charge < -0.3 is 16.0 Å². The smallest absolute Gasteiger partial charge is 0.239 e. The predicted molar refractivity (Wildman–Crippen MR) is 107 cm³/mol. The summed E-state index contributed by atoms with van der Waals surface area (Å²) < 4.78 is 1.63. The molecule has 146 valence electrons. The lowest BCUT2D eigenvalue weighted by molar-refractivity contribution is -0.118. The third-order valence-electron chi connectivity index (χ3n) is 5.18. The van der Waals surface area contributed by atoms with E-state index in [1.54, 1.807) is 10.8 Å². The van der Waals surface area contributed by atoms with E-state index in [0.717, 1.165) is 30.8 Å². The van der Waals surface area contributed by atoms with E-state index >= 15 is 0 Å². The summed E-state index contributed by atoms with van der Waals surface area (Å²) in [7, 11) is 0. The van der Waals surface area contributed by atoms with Crippen molar-refractivity contribution in [3.8, 4) is 0 Å². The number of rotatable bonds is 5. The van der Waals surface area contributed by atoms with Crippen LogP contribution in [0.4, 0.5) is 0 Å². The van der Waals surface area contributed by atoms with Crippen molar-refractivity contribution in [3.05, 3.63) is 29.6 Å². The summed E-state index contributed by atoms with van der Waals surface area (Å²) >= 11 is 5.53. The second kappa shape index (κ2) is 7.42. The number of carbonyl (C=O) groups excluding carboxylic acids is 2. The first-order valence-electron chi connectivity index (χ1n) is 9.30. The van der Waals surface area contributed by atoms with Crippen molar-refractivity contribution < 1.29 is 9.59 Å². The van der Waals surface area contributed by atoms with Gasteiger partial charge in [-0.2, -0.15) is 5.10 Å². The number of aromatic nitrogens is 2. The Labute approximate surface area is 165 Å². The van der Waals surface area contributed by atoms with E-state index in [4.69, 9.17) is 18.0 Å². The zero-order chi connectivity index (χ0) is 19.8. The maximum atomic E-state index is 13.0. The molecule has 0 radical (unpaired) electrons. The van der Waals surface area contributed by atoms with Crippen molar-refractivity contribution in [2.24, 2.45) is 11.1 Å². The molecule has 8 heteroatoms. The Morgan fingerprint density at radius 1 is 1.48 bits per heavy atom. The number of ketones is 1. The molecule has 0 aromatic carbocycles. The third kappa shape index (κ3) is 3.90. The maximum absolute atomic E-state index is 13.0. The fourth-order valence-electron chi connectivity index (χ4n) is 4.11. The average Bonchev–Trinajstić information content (AvgIpc) is 3.16. The van der Waals surface area contributed by atoms with Crippen LogP contribution in [0, 0.1) is 5.41 Å². The number of hydrogen-bond acceptors (Lipinski definition) is 4. The maximum Gasteiger partial charge on any atom is 0.239 e. The van der Waals surface area contributed by atoms with E-state index in [9.17, 15) is 9.59 Å². The van der Waals surface area contributed by atoms with Gasteiger partial charge in [-0.05, 0) is 36.9 Å². The normalized spacial score (nSPS) is 21.0. The van der Waals surface area contributed by atoms with Gasteiger partial charge in [0.05, 0.1) is 23.0 Å². The number of amides is 1. The van der Waals surface area contributed by atoms with Crippen molar-refractivity contribution in [2.75, 3.05) is 13.1 Å². The Hall–Kier alpha value is -2.22. The van der Waals surface area contributed by atoms with Gasteiger partial charge in [0.25, 0.3) is 0 Å². The molecule has 1 aromatic rings. The van der Waals surface area contributed by atoms with Crippen LogP contribution in [0.3, 0.4) is 0 Å². The van der Waals surface area contributed by atoms with Crippen LogP contribution >= 0.6 is 12.2 Å². The molecule has 0 saturated carbocycles. The van der Waals surface area contributed by atoms with E-state index in [1.807, 2.05) is 0 Å². The minimum Gasteiger partial charge on any atom is -0.368 e. The minimum atomic E-state index is -0.464. The van der Waals surface area contributed by atoms with Gasteiger partial charge in [-0.1, -0.05) is 19.9 Å². The Morgan fingerprint density at radius 3 is 2.89 bits per heavy atom. The van der Waals surface area contributed by atoms with Crippen LogP contribution in [0.1, 0.15) is 60.9 Å². The monoisotopic (exact) mass is 389 g/mol. The summed E-state index contributed by atoms with van der Waals surface area (Å²) in [5.74, 6) is -0.377. The summed E-state index contributed by atoms with van der Waals surface area (Å²) in [6, 6.07) is -0.0668. The van der Waals surface area contributed by atoms with Gasteiger partial charge in [-0.3, -0.25) is 14.3 Å². The number of hydrogen-bond donors (Lipinski definition) is 2. The minimum absolute atomic E-state index is 0.0163. The molecular weight excluding hydrogens is 362 g/mol. The van der Waals surface area contributed by atoms with Crippen molar-refractivity contribution >= 4 is 29.0 Å². The summed E-state index contributed by atoms with van der Waals surface area (Å²) in [5.41, 5.74) is 7.47. The highest BCUT2D eigenvalue weighted by molar-refractivity contribution is 7.80. The highest BCUT2D eigenvalue weighted by Gasteiger charge is 2.40. The molecule has 1 atom stereocenters. The number of Topliss-reactive ketones (excluding diaryl/α,β-unsaturated/α-hetero) is 1. The standard InChI is InChI=1S/C19H27N5O2S/c1-4-7-21-18(27)23-8-5-6-12(23)17-16-13(24(22-17)11-15(20)26)9-19(2,3)10-14(16)25/h4,12H,1,5-11H2,2-3H3,(H2,20,26)(H,21,27)/t12-/m0/s1. The van der Waals surface area contributed by atoms with Crippen LogP contribution in [0.2, 0.25) is 0 Å². The van der Waals surface area contributed by atoms with Gasteiger partial charge in [0.15, 0.2) is 10.9 Å². The number of fused-ring (bicyclic) bond motifs is 1. The number of nitrogens with one attached hydrogen (secondary N) is 1. The Morgan fingerprint density at radius 2 is 2.22 bits per heavy atom. The first-order chi connectivity index (χ1) is 12.7. The molecule has 2 heterocycles. The molecule has 0 spiro atoms. The molecule has 1 aliphatic heterocycles. The molecule has 2 aliphatic rings. The molecule has 3 N–H and O–H groups in total. The first kappa shape index (κ1) is 19.5. The van der Waals surface area contributed by atoms with Crippen LogP contribution in [0.25, 0.3) is 0 Å². The first-order valence-corrected chi connectivity index (χ1v) is 9.71. The number of nitrogens with zero attached hydrogens (tertiary/aromatic N) is 3. The number of primary amides is 1. The van der Waals surface area contributed by atoms with Crippen LogP contribution in [-0.2, 0) is 17.8 Å². The molecule has 1 amide bonds. The second-order valence-corrected chi connectivity index (χ2v) is 8.48. The third-order valence-corrected chi connectivity index (χ3v) is 5.56. The van der Waals surface area contributed by atoms with Crippen molar-refractivity contribution in [2.45, 2.75) is 52.1 Å². The Balaban J connectivity index is 2.01. The molecule has 1 aliphatic carbocycles. The van der Waals surface area contributed by atoms with E-state index in [1.165, 1.54) is 0 Å². The van der Waals surface area contributed by atoms with E-state index in [-0.39, 0.29) is 23.8 Å². The molecule has 0 bridgehead atoms. The quantitative estimate of drug-likeness (QED) is 0.588. The fourth-order valence-corrected chi connectivity index (χ4v) is 4.41. The molecule has 0 unspecified atom stereocenters. The van der Waals surface area contributed by atoms with Gasteiger partial charge in [0.1, 0.15) is 6.54 Å². The molecule has 1 aromatic heterocycles. The number of thiocarbonyl (C=S) groups is 1. The number of nitrogens with two attached hydrogens (primary N) is 1. The molecule has 7 nitrogen and oxygen atoms in total. The van der Waals surface area contributed by atoms with Gasteiger partial charge >= 0.3 is 0 Å². The van der Waals surface area contributed by atoms with Gasteiger partial charge in [0.2, 0.25) is 5.91 Å². The van der Waals surface area contributed by atoms with Crippen LogP contribution < -0.4 is 11.1 Å². The summed E-state index contributed by atoms with van der Waals surface area (Å²) in [4.78, 5) is 26.6. The largest absolute Gasteiger partial charge is 0.368 e. The van der Waals surface area contributed by atoms with Crippen molar-refractivity contribution in [3.63, 3.8) is 0 Å².